The highest BCUT2D eigenvalue weighted by Gasteiger charge is 2.37. The number of carbonyl (C=O) groups excluding carboxylic acids is 1. The molecule has 2 aromatic heterocycles. The maximum Gasteiger partial charge on any atom is 0.423 e. The molecular formula is C20H25ClF3N7O4. The van der Waals surface area contributed by atoms with Gasteiger partial charge >= 0.3 is 6.18 Å². The molecule has 11 nitrogen and oxygen atoms in total. The van der Waals surface area contributed by atoms with Crippen molar-refractivity contribution in [3.05, 3.63) is 39.7 Å². The summed E-state index contributed by atoms with van der Waals surface area (Å²) in [5.74, 6) is 0.590. The van der Waals surface area contributed by atoms with E-state index in [1.165, 1.54) is 13.3 Å². The van der Waals surface area contributed by atoms with Crippen molar-refractivity contribution >= 4 is 29.0 Å². The quantitative estimate of drug-likeness (QED) is 0.448. The monoisotopic (exact) mass is 519 g/mol. The zero-order valence-corrected chi connectivity index (χ0v) is 19.6. The Bertz CT molecular complexity index is 1030. The summed E-state index contributed by atoms with van der Waals surface area (Å²) < 4.78 is 50.3. The fourth-order valence-corrected chi connectivity index (χ4v) is 3.64. The fraction of sp³-hybridized carbons (Fsp3) is 0.550. The molecule has 192 valence electrons. The summed E-state index contributed by atoms with van der Waals surface area (Å²) in [6.07, 6.45) is -0.828. The van der Waals surface area contributed by atoms with Crippen LogP contribution in [0.3, 0.4) is 0 Å². The molecule has 0 spiro atoms. The Morgan fingerprint density at radius 3 is 2.57 bits per heavy atom. The molecule has 2 N–H and O–H groups in total. The number of rotatable bonds is 10. The summed E-state index contributed by atoms with van der Waals surface area (Å²) in [4.78, 5) is 36.1. The van der Waals surface area contributed by atoms with E-state index in [1.54, 1.807) is 16.2 Å². The third kappa shape index (κ3) is 7.50. The minimum Gasteiger partial charge on any atom is -0.382 e. The number of nitrogens with zero attached hydrogens (tertiary/aromatic N) is 5. The zero-order valence-electron chi connectivity index (χ0n) is 18.8. The van der Waals surface area contributed by atoms with E-state index in [9.17, 15) is 22.8 Å². The first-order chi connectivity index (χ1) is 16.7. The molecule has 0 radical (unpaired) electrons. The highest BCUT2D eigenvalue weighted by atomic mass is 35.5. The summed E-state index contributed by atoms with van der Waals surface area (Å²) in [5.41, 5.74) is -3.22. The van der Waals surface area contributed by atoms with Gasteiger partial charge in [-0.3, -0.25) is 9.59 Å². The maximum atomic E-state index is 13.2. The molecule has 0 aromatic carbocycles. The van der Waals surface area contributed by atoms with E-state index < -0.39 is 29.0 Å². The Labute approximate surface area is 203 Å². The number of hydrogen-bond acceptors (Lipinski definition) is 9. The van der Waals surface area contributed by atoms with E-state index >= 15 is 0 Å². The molecule has 0 bridgehead atoms. The number of methoxy groups -OCH3 is 1. The normalized spacial score (nSPS) is 15.2. The molecule has 1 atom stereocenters. The Hall–Kier alpha value is -2.97. The van der Waals surface area contributed by atoms with Gasteiger partial charge in [0.15, 0.2) is 0 Å². The molecule has 3 rings (SSSR count). The van der Waals surface area contributed by atoms with Gasteiger partial charge in [0.1, 0.15) is 16.5 Å². The number of alkyl halides is 3. The highest BCUT2D eigenvalue weighted by molar-refractivity contribution is 6.29. The van der Waals surface area contributed by atoms with E-state index in [1.807, 2.05) is 4.90 Å². The van der Waals surface area contributed by atoms with Crippen molar-refractivity contribution in [2.75, 3.05) is 63.3 Å². The zero-order chi connectivity index (χ0) is 25.4. The minimum absolute atomic E-state index is 0.00753. The average Bonchev–Trinajstić information content (AvgIpc) is 2.81. The van der Waals surface area contributed by atoms with Crippen LogP contribution in [0.5, 0.6) is 0 Å². The second kappa shape index (κ2) is 12.1. The Morgan fingerprint density at radius 2 is 1.94 bits per heavy atom. The number of anilines is 2. The van der Waals surface area contributed by atoms with Gasteiger partial charge < -0.3 is 24.6 Å². The van der Waals surface area contributed by atoms with Gasteiger partial charge in [0.2, 0.25) is 5.91 Å². The van der Waals surface area contributed by atoms with E-state index in [0.29, 0.717) is 37.1 Å². The molecular weight excluding hydrogens is 495 g/mol. The SMILES string of the molecule is COCC(COCCC(=O)N1CCN(c2cnc(Cl)cn2)CC1)Nc1cn[nH]c(=O)c1C(F)(F)F. The van der Waals surface area contributed by atoms with Gasteiger partial charge in [-0.05, 0) is 0 Å². The summed E-state index contributed by atoms with van der Waals surface area (Å²) >= 11 is 5.75. The van der Waals surface area contributed by atoms with Crippen molar-refractivity contribution in [1.29, 1.82) is 0 Å². The predicted octanol–water partition coefficient (Wildman–Crippen LogP) is 1.41. The molecule has 1 saturated heterocycles. The molecule has 3 heterocycles. The number of H-pyrrole nitrogens is 1. The van der Waals surface area contributed by atoms with Crippen LogP contribution >= 0.6 is 11.6 Å². The van der Waals surface area contributed by atoms with Gasteiger partial charge in [-0.15, -0.1) is 0 Å². The summed E-state index contributed by atoms with van der Waals surface area (Å²) in [6.45, 7) is 2.23. The van der Waals surface area contributed by atoms with Crippen LogP contribution in [0.2, 0.25) is 5.15 Å². The number of piperazine rings is 1. The van der Waals surface area contributed by atoms with Gasteiger partial charge in [0.25, 0.3) is 5.56 Å². The summed E-state index contributed by atoms with van der Waals surface area (Å²) in [5, 5.41) is 8.10. The van der Waals surface area contributed by atoms with Crippen LogP contribution in [-0.4, -0.2) is 90.1 Å². The number of halogens is 4. The molecule has 1 amide bonds. The number of nitrogens with one attached hydrogen (secondary N) is 2. The Morgan fingerprint density at radius 1 is 1.20 bits per heavy atom. The van der Waals surface area contributed by atoms with Gasteiger partial charge in [0.05, 0.1) is 56.6 Å². The third-order valence-electron chi connectivity index (χ3n) is 5.21. The van der Waals surface area contributed by atoms with E-state index in [-0.39, 0.29) is 32.1 Å². The average molecular weight is 520 g/mol. The van der Waals surface area contributed by atoms with Gasteiger partial charge in [0, 0.05) is 33.3 Å². The van der Waals surface area contributed by atoms with Crippen LogP contribution in [0, 0.1) is 0 Å². The van der Waals surface area contributed by atoms with Crippen LogP contribution < -0.4 is 15.8 Å². The molecule has 1 aliphatic heterocycles. The van der Waals surface area contributed by atoms with E-state index in [2.05, 4.69) is 20.4 Å². The van der Waals surface area contributed by atoms with Crippen LogP contribution in [0.1, 0.15) is 12.0 Å². The lowest BCUT2D eigenvalue weighted by Crippen LogP contribution is -2.49. The van der Waals surface area contributed by atoms with Crippen molar-refractivity contribution in [1.82, 2.24) is 25.1 Å². The van der Waals surface area contributed by atoms with Crippen LogP contribution in [0.25, 0.3) is 0 Å². The second-order valence-electron chi connectivity index (χ2n) is 7.67. The molecule has 15 heteroatoms. The largest absolute Gasteiger partial charge is 0.423 e. The standard InChI is InChI=1S/C20H25ClF3N7O4/c1-34-11-13(28-14-8-27-29-19(33)18(14)20(22,23)24)12-35-7-2-17(32)31-5-3-30(4-6-31)16-10-25-15(21)9-26-16/h8-10,13H,2-7,11-12H2,1H3,(H2,28,29,33). The molecule has 1 fully saturated rings. The van der Waals surface area contributed by atoms with E-state index in [0.717, 1.165) is 6.20 Å². The Kier molecular flexibility index (Phi) is 9.23. The van der Waals surface area contributed by atoms with Crippen molar-refractivity contribution in [2.45, 2.75) is 18.6 Å². The first-order valence-corrected chi connectivity index (χ1v) is 11.0. The lowest BCUT2D eigenvalue weighted by atomic mass is 10.2. The van der Waals surface area contributed by atoms with Crippen molar-refractivity contribution in [3.8, 4) is 0 Å². The first kappa shape index (κ1) is 26.6. The summed E-state index contributed by atoms with van der Waals surface area (Å²) in [6, 6.07) is -0.705. The smallest absolute Gasteiger partial charge is 0.382 e. The van der Waals surface area contributed by atoms with Gasteiger partial charge in [-0.1, -0.05) is 11.6 Å². The number of aromatic nitrogens is 4. The number of carbonyl (C=O) groups is 1. The van der Waals surface area contributed by atoms with Crippen molar-refractivity contribution in [3.63, 3.8) is 0 Å². The molecule has 0 aliphatic carbocycles. The third-order valence-corrected chi connectivity index (χ3v) is 5.40. The van der Waals surface area contributed by atoms with Gasteiger partial charge in [-0.2, -0.15) is 18.3 Å². The fourth-order valence-electron chi connectivity index (χ4n) is 3.54. The number of aromatic amines is 1. The number of ether oxygens (including phenoxy) is 2. The van der Waals surface area contributed by atoms with Crippen molar-refractivity contribution in [2.24, 2.45) is 0 Å². The minimum atomic E-state index is -4.87. The second-order valence-corrected chi connectivity index (χ2v) is 8.06. The van der Waals surface area contributed by atoms with Crippen molar-refractivity contribution < 1.29 is 27.4 Å². The highest BCUT2D eigenvalue weighted by Crippen LogP contribution is 2.31. The molecule has 1 aliphatic rings. The Balaban J connectivity index is 1.45. The van der Waals surface area contributed by atoms with Crippen LogP contribution in [-0.2, 0) is 20.4 Å². The molecule has 1 unspecified atom stereocenters. The molecule has 35 heavy (non-hydrogen) atoms. The summed E-state index contributed by atoms with van der Waals surface area (Å²) in [7, 11) is 1.38. The lowest BCUT2D eigenvalue weighted by molar-refractivity contribution is -0.138. The molecule has 0 saturated carbocycles. The van der Waals surface area contributed by atoms with E-state index in [4.69, 9.17) is 21.1 Å². The van der Waals surface area contributed by atoms with Crippen LogP contribution in [0.15, 0.2) is 23.4 Å². The lowest BCUT2D eigenvalue weighted by Gasteiger charge is -2.35. The van der Waals surface area contributed by atoms with Gasteiger partial charge in [-0.25, -0.2) is 15.1 Å². The van der Waals surface area contributed by atoms with Crippen LogP contribution in [0.4, 0.5) is 24.7 Å². The molecule has 2 aromatic rings. The number of amides is 1. The topological polar surface area (TPSA) is 126 Å². The predicted molar refractivity (Wildman–Crippen MR) is 120 cm³/mol. The number of hydrogen-bond donors (Lipinski definition) is 2. The maximum absolute atomic E-state index is 13.2. The first-order valence-electron chi connectivity index (χ1n) is 10.7.